The van der Waals surface area contributed by atoms with Gasteiger partial charge in [-0.1, -0.05) is 18.2 Å². The number of benzene rings is 1. The van der Waals surface area contributed by atoms with Crippen LogP contribution in [0, 0.1) is 5.92 Å². The van der Waals surface area contributed by atoms with Gasteiger partial charge in [0.2, 0.25) is 0 Å². The molecule has 0 radical (unpaired) electrons. The van der Waals surface area contributed by atoms with Crippen molar-refractivity contribution in [2.45, 2.75) is 31.6 Å². The summed E-state index contributed by atoms with van der Waals surface area (Å²) < 4.78 is 38.1. The van der Waals surface area contributed by atoms with Crippen LogP contribution >= 0.6 is 0 Å². The summed E-state index contributed by atoms with van der Waals surface area (Å²) >= 11 is 0. The number of likely N-dealkylation sites (tertiary alicyclic amines) is 1. The predicted molar refractivity (Wildman–Crippen MR) is 71.2 cm³/mol. The van der Waals surface area contributed by atoms with E-state index in [0.29, 0.717) is 18.5 Å². The van der Waals surface area contributed by atoms with Gasteiger partial charge in [0.15, 0.2) is 0 Å². The van der Waals surface area contributed by atoms with Crippen molar-refractivity contribution in [3.8, 4) is 0 Å². The van der Waals surface area contributed by atoms with Crippen LogP contribution in [0.5, 0.6) is 0 Å². The van der Waals surface area contributed by atoms with Gasteiger partial charge in [-0.05, 0) is 43.5 Å². The average Bonchev–Trinajstić information content (AvgIpc) is 2.85. The maximum Gasteiger partial charge on any atom is 0.416 e. The van der Waals surface area contributed by atoms with Gasteiger partial charge in [-0.3, -0.25) is 4.90 Å². The Morgan fingerprint density at radius 3 is 2.90 bits per heavy atom. The van der Waals surface area contributed by atoms with Crippen molar-refractivity contribution in [2.75, 3.05) is 19.6 Å². The molecule has 20 heavy (non-hydrogen) atoms. The number of alkyl halides is 3. The molecule has 2 atom stereocenters. The normalized spacial score (nSPS) is 27.6. The van der Waals surface area contributed by atoms with Gasteiger partial charge in [-0.2, -0.15) is 13.2 Å². The summed E-state index contributed by atoms with van der Waals surface area (Å²) in [5.41, 5.74) is 0.205. The van der Waals surface area contributed by atoms with E-state index in [-0.39, 0.29) is 0 Å². The fraction of sp³-hybridized carbons (Fsp3) is 0.600. The zero-order valence-electron chi connectivity index (χ0n) is 11.3. The third-order valence-electron chi connectivity index (χ3n) is 4.40. The van der Waals surface area contributed by atoms with E-state index in [1.807, 2.05) is 0 Å². The molecule has 0 bridgehead atoms. The number of nitrogens with zero attached hydrogens (tertiary/aromatic N) is 1. The minimum absolute atomic E-state index is 0.549. The first-order valence-corrected chi connectivity index (χ1v) is 7.14. The number of fused-ring (bicyclic) bond motifs is 1. The van der Waals surface area contributed by atoms with Crippen LogP contribution in [-0.4, -0.2) is 30.6 Å². The summed E-state index contributed by atoms with van der Waals surface area (Å²) in [6.07, 6.45) is -1.97. The largest absolute Gasteiger partial charge is 0.416 e. The van der Waals surface area contributed by atoms with Gasteiger partial charge in [0.1, 0.15) is 0 Å². The molecule has 2 aliphatic heterocycles. The summed E-state index contributed by atoms with van der Waals surface area (Å²) in [5.74, 6) is 0.662. The molecule has 110 valence electrons. The molecule has 2 fully saturated rings. The van der Waals surface area contributed by atoms with E-state index in [2.05, 4.69) is 10.2 Å². The van der Waals surface area contributed by atoms with Crippen LogP contribution in [0.1, 0.15) is 24.0 Å². The van der Waals surface area contributed by atoms with Gasteiger partial charge >= 0.3 is 6.18 Å². The highest BCUT2D eigenvalue weighted by Gasteiger charge is 2.33. The van der Waals surface area contributed by atoms with Gasteiger partial charge in [-0.25, -0.2) is 0 Å². The van der Waals surface area contributed by atoms with Crippen LogP contribution in [0.15, 0.2) is 24.3 Å². The molecule has 1 N–H and O–H groups in total. The average molecular weight is 284 g/mol. The van der Waals surface area contributed by atoms with Gasteiger partial charge in [0.25, 0.3) is 0 Å². The molecule has 0 aliphatic carbocycles. The highest BCUT2D eigenvalue weighted by molar-refractivity contribution is 5.25. The third-order valence-corrected chi connectivity index (χ3v) is 4.40. The maximum absolute atomic E-state index is 12.7. The molecule has 0 aromatic heterocycles. The highest BCUT2D eigenvalue weighted by Crippen LogP contribution is 2.30. The zero-order valence-corrected chi connectivity index (χ0v) is 11.3. The molecule has 2 unspecified atom stereocenters. The highest BCUT2D eigenvalue weighted by atomic mass is 19.4. The molecule has 0 amide bonds. The Balaban J connectivity index is 1.66. The van der Waals surface area contributed by atoms with Crippen molar-refractivity contribution in [2.24, 2.45) is 5.92 Å². The van der Waals surface area contributed by atoms with E-state index in [1.54, 1.807) is 6.07 Å². The number of piperidine rings is 1. The molecule has 0 spiro atoms. The molecule has 2 aliphatic rings. The molecule has 0 saturated carbocycles. The summed E-state index contributed by atoms with van der Waals surface area (Å²) in [4.78, 5) is 2.28. The van der Waals surface area contributed by atoms with Crippen LogP contribution in [0.2, 0.25) is 0 Å². The second kappa shape index (κ2) is 5.37. The Morgan fingerprint density at radius 1 is 1.25 bits per heavy atom. The lowest BCUT2D eigenvalue weighted by Crippen LogP contribution is -2.43. The monoisotopic (exact) mass is 284 g/mol. The van der Waals surface area contributed by atoms with Crippen LogP contribution in [0.3, 0.4) is 0 Å². The van der Waals surface area contributed by atoms with E-state index in [4.69, 9.17) is 0 Å². The predicted octanol–water partition coefficient (Wildman–Crippen LogP) is 2.89. The van der Waals surface area contributed by atoms with Gasteiger partial charge < -0.3 is 5.32 Å². The van der Waals surface area contributed by atoms with E-state index in [0.717, 1.165) is 37.7 Å². The van der Waals surface area contributed by atoms with Crippen LogP contribution in [-0.2, 0) is 12.7 Å². The topological polar surface area (TPSA) is 15.3 Å². The molecule has 2 saturated heterocycles. The summed E-state index contributed by atoms with van der Waals surface area (Å²) in [5, 5.41) is 3.50. The Hall–Kier alpha value is -1.07. The lowest BCUT2D eigenvalue weighted by Gasteiger charge is -2.34. The van der Waals surface area contributed by atoms with Crippen LogP contribution < -0.4 is 5.32 Å². The molecule has 1 aromatic carbocycles. The van der Waals surface area contributed by atoms with Crippen molar-refractivity contribution < 1.29 is 13.2 Å². The maximum atomic E-state index is 12.7. The van der Waals surface area contributed by atoms with Gasteiger partial charge in [0, 0.05) is 19.1 Å². The number of halogens is 3. The van der Waals surface area contributed by atoms with Crippen molar-refractivity contribution in [1.29, 1.82) is 0 Å². The number of hydrogen-bond acceptors (Lipinski definition) is 2. The summed E-state index contributed by atoms with van der Waals surface area (Å²) in [7, 11) is 0. The zero-order chi connectivity index (χ0) is 14.2. The van der Waals surface area contributed by atoms with E-state index in [9.17, 15) is 13.2 Å². The second-order valence-electron chi connectivity index (χ2n) is 5.83. The molecule has 1 aromatic rings. The first-order chi connectivity index (χ1) is 9.52. The van der Waals surface area contributed by atoms with E-state index >= 15 is 0 Å². The fourth-order valence-electron chi connectivity index (χ4n) is 3.37. The molecular formula is C15H19F3N2. The lowest BCUT2D eigenvalue weighted by atomic mass is 9.93. The molecule has 3 rings (SSSR count). The number of rotatable bonds is 2. The molecule has 2 heterocycles. The van der Waals surface area contributed by atoms with Crippen molar-refractivity contribution in [3.63, 3.8) is 0 Å². The lowest BCUT2D eigenvalue weighted by molar-refractivity contribution is -0.137. The smallest absolute Gasteiger partial charge is 0.314 e. The second-order valence-corrected chi connectivity index (χ2v) is 5.83. The standard InChI is InChI=1S/C15H19F3N2/c16-15(17,18)13-3-1-2-11(8-13)9-20-7-5-14-12(10-20)4-6-19-14/h1-3,8,12,14,19H,4-7,9-10H2. The minimum atomic E-state index is -4.25. The Bertz CT molecular complexity index is 472. The van der Waals surface area contributed by atoms with Gasteiger partial charge in [0.05, 0.1) is 5.56 Å². The third kappa shape index (κ3) is 2.99. The Kier molecular flexibility index (Phi) is 3.73. The number of hydrogen-bond donors (Lipinski definition) is 1. The molecular weight excluding hydrogens is 265 g/mol. The Morgan fingerprint density at radius 2 is 2.10 bits per heavy atom. The van der Waals surface area contributed by atoms with Crippen LogP contribution in [0.25, 0.3) is 0 Å². The van der Waals surface area contributed by atoms with Crippen molar-refractivity contribution in [1.82, 2.24) is 10.2 Å². The van der Waals surface area contributed by atoms with Crippen molar-refractivity contribution in [3.05, 3.63) is 35.4 Å². The first kappa shape index (κ1) is 13.9. The summed E-state index contributed by atoms with van der Waals surface area (Å²) in [6, 6.07) is 6.32. The van der Waals surface area contributed by atoms with E-state index < -0.39 is 11.7 Å². The number of nitrogens with one attached hydrogen (secondary N) is 1. The van der Waals surface area contributed by atoms with Crippen molar-refractivity contribution >= 4 is 0 Å². The van der Waals surface area contributed by atoms with Gasteiger partial charge in [-0.15, -0.1) is 0 Å². The molecule has 2 nitrogen and oxygen atoms in total. The van der Waals surface area contributed by atoms with E-state index in [1.165, 1.54) is 18.6 Å². The SMILES string of the molecule is FC(F)(F)c1cccc(CN2CCC3NCCC3C2)c1. The minimum Gasteiger partial charge on any atom is -0.314 e. The Labute approximate surface area is 117 Å². The quantitative estimate of drug-likeness (QED) is 0.898. The molecule has 5 heteroatoms. The fourth-order valence-corrected chi connectivity index (χ4v) is 3.37. The summed E-state index contributed by atoms with van der Waals surface area (Å²) in [6.45, 7) is 3.65. The van der Waals surface area contributed by atoms with Crippen LogP contribution in [0.4, 0.5) is 13.2 Å². The first-order valence-electron chi connectivity index (χ1n) is 7.14.